The number of piperazine rings is 1. The summed E-state index contributed by atoms with van der Waals surface area (Å²) in [6.07, 6.45) is 0.264. The van der Waals surface area contributed by atoms with E-state index in [1.807, 2.05) is 20.8 Å². The Morgan fingerprint density at radius 3 is 2.29 bits per heavy atom. The largest absolute Gasteiger partial charge is 0.377 e. The SMILES string of the molecule is CNC(=O)NC(=O)[C@@H](C)N1CCN(CCOC(C)C)CC1. The highest BCUT2D eigenvalue weighted by atomic mass is 16.5. The summed E-state index contributed by atoms with van der Waals surface area (Å²) in [5.41, 5.74) is 0. The fourth-order valence-corrected chi connectivity index (χ4v) is 2.24. The summed E-state index contributed by atoms with van der Waals surface area (Å²) in [6, 6.07) is -0.757. The van der Waals surface area contributed by atoms with Crippen LogP contribution in [-0.4, -0.2) is 80.3 Å². The molecule has 21 heavy (non-hydrogen) atoms. The van der Waals surface area contributed by atoms with Crippen molar-refractivity contribution >= 4 is 11.9 Å². The first-order valence-electron chi connectivity index (χ1n) is 7.54. The van der Waals surface area contributed by atoms with Crippen molar-refractivity contribution in [3.8, 4) is 0 Å². The van der Waals surface area contributed by atoms with E-state index < -0.39 is 6.03 Å². The van der Waals surface area contributed by atoms with Gasteiger partial charge in [-0.15, -0.1) is 0 Å². The van der Waals surface area contributed by atoms with Crippen LogP contribution in [0.15, 0.2) is 0 Å². The molecule has 1 fully saturated rings. The van der Waals surface area contributed by atoms with Gasteiger partial charge in [0, 0.05) is 39.8 Å². The number of hydrogen-bond donors (Lipinski definition) is 2. The van der Waals surface area contributed by atoms with Crippen molar-refractivity contribution in [3.05, 3.63) is 0 Å². The molecule has 0 aromatic heterocycles. The Labute approximate surface area is 127 Å². The topological polar surface area (TPSA) is 73.9 Å². The van der Waals surface area contributed by atoms with E-state index in [-0.39, 0.29) is 18.1 Å². The Balaban J connectivity index is 2.28. The predicted molar refractivity (Wildman–Crippen MR) is 81.2 cm³/mol. The van der Waals surface area contributed by atoms with Crippen LogP contribution in [0.3, 0.4) is 0 Å². The average Bonchev–Trinajstić information content (AvgIpc) is 2.46. The van der Waals surface area contributed by atoms with E-state index in [0.29, 0.717) is 0 Å². The van der Waals surface area contributed by atoms with Crippen LogP contribution in [0.2, 0.25) is 0 Å². The summed E-state index contributed by atoms with van der Waals surface area (Å²) in [4.78, 5) is 27.5. The second-order valence-electron chi connectivity index (χ2n) is 5.54. The Hall–Kier alpha value is -1.18. The molecule has 0 saturated carbocycles. The van der Waals surface area contributed by atoms with E-state index >= 15 is 0 Å². The number of imide groups is 1. The number of carbonyl (C=O) groups excluding carboxylic acids is 2. The fraction of sp³-hybridized carbons (Fsp3) is 0.857. The van der Waals surface area contributed by atoms with Gasteiger partial charge >= 0.3 is 6.03 Å². The molecule has 0 bridgehead atoms. The molecule has 0 aliphatic carbocycles. The summed E-state index contributed by atoms with van der Waals surface area (Å²) in [5.74, 6) is -0.258. The van der Waals surface area contributed by atoms with E-state index in [0.717, 1.165) is 39.3 Å². The van der Waals surface area contributed by atoms with Crippen molar-refractivity contribution in [3.63, 3.8) is 0 Å². The Morgan fingerprint density at radius 1 is 1.14 bits per heavy atom. The van der Waals surface area contributed by atoms with Gasteiger partial charge in [-0.2, -0.15) is 0 Å². The summed E-state index contributed by atoms with van der Waals surface area (Å²) in [7, 11) is 1.49. The maximum atomic E-state index is 11.9. The number of rotatable bonds is 6. The number of hydrogen-bond acceptors (Lipinski definition) is 5. The van der Waals surface area contributed by atoms with Crippen molar-refractivity contribution in [1.29, 1.82) is 0 Å². The first-order chi connectivity index (χ1) is 9.93. The third-order valence-electron chi connectivity index (χ3n) is 3.66. The molecule has 7 heteroatoms. The molecule has 7 nitrogen and oxygen atoms in total. The number of carbonyl (C=O) groups is 2. The third-order valence-corrected chi connectivity index (χ3v) is 3.66. The van der Waals surface area contributed by atoms with Crippen molar-refractivity contribution < 1.29 is 14.3 Å². The molecular weight excluding hydrogens is 272 g/mol. The summed E-state index contributed by atoms with van der Waals surface area (Å²) in [5, 5.41) is 4.70. The Morgan fingerprint density at radius 2 is 1.76 bits per heavy atom. The molecule has 2 N–H and O–H groups in total. The standard InChI is InChI=1S/C14H28N4O3/c1-11(2)21-10-9-17-5-7-18(8-6-17)12(3)13(19)16-14(20)15-4/h11-12H,5-10H2,1-4H3,(H2,15,16,19,20)/t12-/m1/s1. The molecular formula is C14H28N4O3. The van der Waals surface area contributed by atoms with Gasteiger partial charge in [0.15, 0.2) is 0 Å². The highest BCUT2D eigenvalue weighted by Crippen LogP contribution is 2.06. The summed E-state index contributed by atoms with van der Waals surface area (Å²) < 4.78 is 5.55. The normalized spacial score (nSPS) is 18.5. The summed E-state index contributed by atoms with van der Waals surface area (Å²) in [6.45, 7) is 11.0. The zero-order valence-corrected chi connectivity index (χ0v) is 13.5. The number of urea groups is 1. The minimum Gasteiger partial charge on any atom is -0.377 e. The van der Waals surface area contributed by atoms with Gasteiger partial charge < -0.3 is 10.1 Å². The van der Waals surface area contributed by atoms with Crippen LogP contribution in [-0.2, 0) is 9.53 Å². The van der Waals surface area contributed by atoms with Gasteiger partial charge in [0.25, 0.3) is 0 Å². The molecule has 1 aliphatic rings. The van der Waals surface area contributed by atoms with E-state index in [1.54, 1.807) is 0 Å². The van der Waals surface area contributed by atoms with Gasteiger partial charge in [0.05, 0.1) is 18.8 Å². The molecule has 1 rings (SSSR count). The highest BCUT2D eigenvalue weighted by Gasteiger charge is 2.26. The van der Waals surface area contributed by atoms with E-state index in [4.69, 9.17) is 4.74 Å². The highest BCUT2D eigenvalue weighted by molar-refractivity contribution is 5.96. The summed E-state index contributed by atoms with van der Waals surface area (Å²) >= 11 is 0. The van der Waals surface area contributed by atoms with Crippen LogP contribution in [0, 0.1) is 0 Å². The minimum atomic E-state index is -0.462. The molecule has 0 spiro atoms. The minimum absolute atomic E-state index is 0.258. The molecule has 0 aromatic carbocycles. The predicted octanol–water partition coefficient (Wildman–Crippen LogP) is -0.127. The molecule has 1 heterocycles. The third kappa shape index (κ3) is 6.41. The lowest BCUT2D eigenvalue weighted by molar-refractivity contribution is -0.125. The number of amides is 3. The van der Waals surface area contributed by atoms with Crippen LogP contribution >= 0.6 is 0 Å². The zero-order chi connectivity index (χ0) is 15.8. The van der Waals surface area contributed by atoms with Gasteiger partial charge in [-0.1, -0.05) is 0 Å². The van der Waals surface area contributed by atoms with Gasteiger partial charge in [-0.3, -0.25) is 19.9 Å². The molecule has 1 atom stereocenters. The lowest BCUT2D eigenvalue weighted by Gasteiger charge is -2.37. The van der Waals surface area contributed by atoms with Crippen LogP contribution in [0.1, 0.15) is 20.8 Å². The Kier molecular flexibility index (Phi) is 7.63. The van der Waals surface area contributed by atoms with E-state index in [9.17, 15) is 9.59 Å². The van der Waals surface area contributed by atoms with Crippen LogP contribution in [0.5, 0.6) is 0 Å². The Bertz CT molecular complexity index is 341. The van der Waals surface area contributed by atoms with Crippen LogP contribution in [0.25, 0.3) is 0 Å². The smallest absolute Gasteiger partial charge is 0.321 e. The van der Waals surface area contributed by atoms with Gasteiger partial charge in [0.2, 0.25) is 5.91 Å². The second-order valence-corrected chi connectivity index (χ2v) is 5.54. The van der Waals surface area contributed by atoms with E-state index in [1.165, 1.54) is 7.05 Å². The van der Waals surface area contributed by atoms with Crippen LogP contribution in [0.4, 0.5) is 4.79 Å². The molecule has 0 aromatic rings. The molecule has 122 valence electrons. The quantitative estimate of drug-likeness (QED) is 0.715. The number of nitrogens with zero attached hydrogens (tertiary/aromatic N) is 2. The molecule has 0 unspecified atom stereocenters. The van der Waals surface area contributed by atoms with Gasteiger partial charge in [-0.05, 0) is 20.8 Å². The van der Waals surface area contributed by atoms with Gasteiger partial charge in [0.1, 0.15) is 0 Å². The first kappa shape index (κ1) is 17.9. The molecule has 1 aliphatic heterocycles. The number of nitrogens with one attached hydrogen (secondary N) is 2. The average molecular weight is 300 g/mol. The lowest BCUT2D eigenvalue weighted by Crippen LogP contribution is -2.55. The van der Waals surface area contributed by atoms with Crippen molar-refractivity contribution in [2.75, 3.05) is 46.4 Å². The molecule has 3 amide bonds. The van der Waals surface area contributed by atoms with Gasteiger partial charge in [-0.25, -0.2) is 4.79 Å². The molecule has 0 radical (unpaired) electrons. The second kappa shape index (κ2) is 8.96. The maximum absolute atomic E-state index is 11.9. The zero-order valence-electron chi connectivity index (χ0n) is 13.5. The lowest BCUT2D eigenvalue weighted by atomic mass is 10.2. The van der Waals surface area contributed by atoms with Crippen LogP contribution < -0.4 is 10.6 Å². The van der Waals surface area contributed by atoms with Crippen molar-refractivity contribution in [2.24, 2.45) is 0 Å². The van der Waals surface area contributed by atoms with Crippen molar-refractivity contribution in [1.82, 2.24) is 20.4 Å². The first-order valence-corrected chi connectivity index (χ1v) is 7.54. The fourth-order valence-electron chi connectivity index (χ4n) is 2.24. The maximum Gasteiger partial charge on any atom is 0.321 e. The monoisotopic (exact) mass is 300 g/mol. The molecule has 1 saturated heterocycles. The van der Waals surface area contributed by atoms with Crippen molar-refractivity contribution in [2.45, 2.75) is 32.9 Å². The van der Waals surface area contributed by atoms with E-state index in [2.05, 4.69) is 20.4 Å². The number of ether oxygens (including phenoxy) is 1.